The Morgan fingerprint density at radius 3 is 2.41 bits per heavy atom. The van der Waals surface area contributed by atoms with E-state index >= 15 is 0 Å². The highest BCUT2D eigenvalue weighted by Crippen LogP contribution is 2.17. The smallest absolute Gasteiger partial charge is 0.191 e. The van der Waals surface area contributed by atoms with Crippen LogP contribution in [0.4, 0.5) is 0 Å². The van der Waals surface area contributed by atoms with Gasteiger partial charge >= 0.3 is 0 Å². The van der Waals surface area contributed by atoms with Crippen LogP contribution in [0.15, 0.2) is 29.3 Å². The molecule has 2 rings (SSSR count). The lowest BCUT2D eigenvalue weighted by Gasteiger charge is -2.21. The topological polar surface area (TPSA) is 73.8 Å². The summed E-state index contributed by atoms with van der Waals surface area (Å²) in [6, 6.07) is 8.59. The van der Waals surface area contributed by atoms with Crippen molar-refractivity contribution in [2.24, 2.45) is 4.99 Å². The van der Waals surface area contributed by atoms with Crippen molar-refractivity contribution in [1.29, 1.82) is 0 Å². The summed E-state index contributed by atoms with van der Waals surface area (Å²) in [5, 5.41) is 6.60. The first-order chi connectivity index (χ1) is 13.9. The monoisotopic (exact) mass is 422 g/mol. The summed E-state index contributed by atoms with van der Waals surface area (Å²) >= 11 is 0. The lowest BCUT2D eigenvalue weighted by Crippen LogP contribution is -2.42. The molecule has 29 heavy (non-hydrogen) atoms. The minimum Gasteiger partial charge on any atom is -0.357 e. The normalized spacial score (nSPS) is 17.6. The van der Waals surface area contributed by atoms with E-state index < -0.39 is 9.84 Å². The van der Waals surface area contributed by atoms with Gasteiger partial charge < -0.3 is 10.6 Å². The summed E-state index contributed by atoms with van der Waals surface area (Å²) in [6.07, 6.45) is 7.12. The summed E-state index contributed by atoms with van der Waals surface area (Å²) in [5.74, 6) is 0.914. The van der Waals surface area contributed by atoms with Crippen molar-refractivity contribution in [3.05, 3.63) is 35.4 Å². The second-order valence-corrected chi connectivity index (χ2v) is 10.4. The predicted octanol–water partition coefficient (Wildman–Crippen LogP) is 2.94. The van der Waals surface area contributed by atoms with Gasteiger partial charge in [-0.25, -0.2) is 13.4 Å². The van der Waals surface area contributed by atoms with Crippen molar-refractivity contribution in [2.45, 2.75) is 65.1 Å². The van der Waals surface area contributed by atoms with Crippen LogP contribution in [0.2, 0.25) is 0 Å². The van der Waals surface area contributed by atoms with E-state index in [2.05, 4.69) is 39.8 Å². The Bertz CT molecular complexity index is 741. The van der Waals surface area contributed by atoms with Crippen LogP contribution >= 0.6 is 0 Å². The molecule has 1 aromatic carbocycles. The average molecular weight is 423 g/mol. The van der Waals surface area contributed by atoms with E-state index in [-0.39, 0.29) is 11.8 Å². The van der Waals surface area contributed by atoms with Crippen molar-refractivity contribution in [3.8, 4) is 0 Å². The molecule has 0 amide bonds. The van der Waals surface area contributed by atoms with Crippen LogP contribution in [0.3, 0.4) is 0 Å². The van der Waals surface area contributed by atoms with Crippen molar-refractivity contribution in [2.75, 3.05) is 31.6 Å². The Kier molecular flexibility index (Phi) is 9.94. The predicted molar refractivity (Wildman–Crippen MR) is 122 cm³/mol. The van der Waals surface area contributed by atoms with Gasteiger partial charge in [-0.15, -0.1) is 0 Å². The number of hydrogen-bond donors (Lipinski definition) is 2. The SMILES string of the molecule is CCNC(=NCc1ccccc1CN1CCCCCC1)NC(C)CCS(C)(=O)=O. The van der Waals surface area contributed by atoms with Crippen molar-refractivity contribution < 1.29 is 8.42 Å². The fourth-order valence-corrected chi connectivity index (χ4v) is 4.36. The highest BCUT2D eigenvalue weighted by Gasteiger charge is 2.12. The van der Waals surface area contributed by atoms with E-state index in [1.807, 2.05) is 13.8 Å². The molecule has 164 valence electrons. The fraction of sp³-hybridized carbons (Fsp3) is 0.682. The minimum atomic E-state index is -2.95. The summed E-state index contributed by atoms with van der Waals surface area (Å²) in [7, 11) is -2.95. The van der Waals surface area contributed by atoms with Gasteiger partial charge in [0.05, 0.1) is 12.3 Å². The average Bonchev–Trinajstić information content (AvgIpc) is 2.94. The number of nitrogens with one attached hydrogen (secondary N) is 2. The maximum Gasteiger partial charge on any atom is 0.191 e. The molecular formula is C22H38N4O2S. The molecule has 0 bridgehead atoms. The molecule has 1 aliphatic rings. The molecule has 0 aliphatic carbocycles. The molecule has 1 aliphatic heterocycles. The summed E-state index contributed by atoms with van der Waals surface area (Å²) in [6.45, 7) is 8.74. The van der Waals surface area contributed by atoms with Gasteiger partial charge in [0.1, 0.15) is 9.84 Å². The van der Waals surface area contributed by atoms with Gasteiger partial charge in [0.15, 0.2) is 5.96 Å². The molecule has 1 saturated heterocycles. The van der Waals surface area contributed by atoms with Crippen LogP contribution in [-0.2, 0) is 22.9 Å². The van der Waals surface area contributed by atoms with Crippen LogP contribution < -0.4 is 10.6 Å². The zero-order valence-corrected chi connectivity index (χ0v) is 19.1. The maximum atomic E-state index is 11.4. The molecule has 6 nitrogen and oxygen atoms in total. The lowest BCUT2D eigenvalue weighted by atomic mass is 10.1. The Balaban J connectivity index is 2.00. The first-order valence-corrected chi connectivity index (χ1v) is 12.9. The third kappa shape index (κ3) is 9.63. The number of hydrogen-bond acceptors (Lipinski definition) is 4. The molecule has 1 atom stereocenters. The van der Waals surface area contributed by atoms with Gasteiger partial charge in [0, 0.05) is 25.4 Å². The molecular weight excluding hydrogens is 384 g/mol. The molecule has 0 saturated carbocycles. The van der Waals surface area contributed by atoms with E-state index in [0.717, 1.165) is 19.0 Å². The van der Waals surface area contributed by atoms with Crippen molar-refractivity contribution in [3.63, 3.8) is 0 Å². The number of aliphatic imine (C=N–C) groups is 1. The van der Waals surface area contributed by atoms with E-state index in [0.29, 0.717) is 13.0 Å². The summed E-state index contributed by atoms with van der Waals surface area (Å²) < 4.78 is 22.8. The van der Waals surface area contributed by atoms with E-state index in [4.69, 9.17) is 4.99 Å². The van der Waals surface area contributed by atoms with Crippen LogP contribution in [0.1, 0.15) is 57.1 Å². The molecule has 0 radical (unpaired) electrons. The molecule has 2 N–H and O–H groups in total. The standard InChI is InChI=1S/C22H38N4O2S/c1-4-23-22(25-19(2)13-16-29(3,27)28)24-17-20-11-7-8-12-21(20)18-26-14-9-5-6-10-15-26/h7-8,11-12,19H,4-6,9-10,13-18H2,1-3H3,(H2,23,24,25). The van der Waals surface area contributed by atoms with Gasteiger partial charge in [-0.1, -0.05) is 37.1 Å². The third-order valence-corrected chi connectivity index (χ3v) is 6.24. The van der Waals surface area contributed by atoms with Crippen molar-refractivity contribution in [1.82, 2.24) is 15.5 Å². The number of benzene rings is 1. The molecule has 0 aromatic heterocycles. The fourth-order valence-electron chi connectivity index (χ4n) is 3.58. The second-order valence-electron chi connectivity index (χ2n) is 8.12. The first kappa shape index (κ1) is 23.7. The van der Waals surface area contributed by atoms with Gasteiger partial charge in [-0.3, -0.25) is 4.90 Å². The van der Waals surface area contributed by atoms with E-state index in [9.17, 15) is 8.42 Å². The highest BCUT2D eigenvalue weighted by molar-refractivity contribution is 7.90. The Morgan fingerprint density at radius 1 is 1.14 bits per heavy atom. The number of guanidine groups is 1. The lowest BCUT2D eigenvalue weighted by molar-refractivity contribution is 0.276. The maximum absolute atomic E-state index is 11.4. The van der Waals surface area contributed by atoms with E-state index in [1.165, 1.54) is 56.2 Å². The molecule has 1 aromatic rings. The Morgan fingerprint density at radius 2 is 1.79 bits per heavy atom. The quantitative estimate of drug-likeness (QED) is 0.473. The number of sulfone groups is 1. The van der Waals surface area contributed by atoms with Crippen LogP contribution in [0.25, 0.3) is 0 Å². The first-order valence-electron chi connectivity index (χ1n) is 10.9. The summed E-state index contributed by atoms with van der Waals surface area (Å²) in [4.78, 5) is 7.33. The van der Waals surface area contributed by atoms with Gasteiger partial charge in [-0.05, 0) is 57.3 Å². The zero-order chi connectivity index (χ0) is 21.1. The zero-order valence-electron chi connectivity index (χ0n) is 18.3. The second kappa shape index (κ2) is 12.2. The molecule has 1 heterocycles. The van der Waals surface area contributed by atoms with E-state index in [1.54, 1.807) is 0 Å². The summed E-state index contributed by atoms with van der Waals surface area (Å²) in [5.41, 5.74) is 2.59. The molecule has 1 fully saturated rings. The number of likely N-dealkylation sites (tertiary alicyclic amines) is 1. The van der Waals surface area contributed by atoms with Crippen LogP contribution in [-0.4, -0.2) is 57.0 Å². The number of rotatable bonds is 9. The third-order valence-electron chi connectivity index (χ3n) is 5.27. The van der Waals surface area contributed by atoms with Crippen molar-refractivity contribution >= 4 is 15.8 Å². The Hall–Kier alpha value is -1.60. The number of nitrogens with zero attached hydrogens (tertiary/aromatic N) is 2. The largest absolute Gasteiger partial charge is 0.357 e. The van der Waals surface area contributed by atoms with Crippen LogP contribution in [0, 0.1) is 0 Å². The van der Waals surface area contributed by atoms with Crippen LogP contribution in [0.5, 0.6) is 0 Å². The minimum absolute atomic E-state index is 0.0369. The van der Waals surface area contributed by atoms with Gasteiger partial charge in [-0.2, -0.15) is 0 Å². The molecule has 7 heteroatoms. The van der Waals surface area contributed by atoms with Gasteiger partial charge in [0.25, 0.3) is 0 Å². The Labute approximate surface area is 177 Å². The molecule has 0 spiro atoms. The van der Waals surface area contributed by atoms with Gasteiger partial charge in [0.2, 0.25) is 0 Å². The molecule has 1 unspecified atom stereocenters. The highest BCUT2D eigenvalue weighted by atomic mass is 32.2.